The first-order valence-electron chi connectivity index (χ1n) is 3.91. The zero-order chi connectivity index (χ0) is 11.4. The quantitative estimate of drug-likeness (QED) is 0.517. The average molecular weight is 271 g/mol. The van der Waals surface area contributed by atoms with E-state index in [4.69, 9.17) is 5.73 Å². The van der Waals surface area contributed by atoms with Crippen LogP contribution in [0.1, 0.15) is 5.56 Å². The Hall–Kier alpha value is -1.69. The van der Waals surface area contributed by atoms with E-state index in [2.05, 4.69) is 15.9 Å². The molecule has 0 saturated heterocycles. The summed E-state index contributed by atoms with van der Waals surface area (Å²) in [6.07, 6.45) is 2.56. The van der Waals surface area contributed by atoms with Gasteiger partial charge in [0.15, 0.2) is 0 Å². The highest BCUT2D eigenvalue weighted by Crippen LogP contribution is 2.21. The van der Waals surface area contributed by atoms with Gasteiger partial charge in [-0.2, -0.15) is 0 Å². The van der Waals surface area contributed by atoms with Crippen LogP contribution in [-0.4, -0.2) is 10.8 Å². The van der Waals surface area contributed by atoms with Crippen LogP contribution in [0, 0.1) is 10.1 Å². The molecule has 5 nitrogen and oxygen atoms in total. The average Bonchev–Trinajstić information content (AvgIpc) is 2.13. The number of non-ortho nitro benzene ring substituents is 1. The molecule has 0 aromatic heterocycles. The van der Waals surface area contributed by atoms with E-state index < -0.39 is 10.8 Å². The third-order valence-corrected chi connectivity index (χ3v) is 2.01. The fraction of sp³-hybridized carbons (Fsp3) is 0. The number of benzene rings is 1. The molecule has 78 valence electrons. The first-order chi connectivity index (χ1) is 6.99. The second kappa shape index (κ2) is 4.70. The van der Waals surface area contributed by atoms with E-state index in [1.54, 1.807) is 6.07 Å². The number of carbonyl (C=O) groups excluding carboxylic acids is 1. The lowest BCUT2D eigenvalue weighted by molar-refractivity contribution is -0.384. The summed E-state index contributed by atoms with van der Waals surface area (Å²) in [6.45, 7) is 0. The summed E-state index contributed by atoms with van der Waals surface area (Å²) in [4.78, 5) is 20.5. The maximum Gasteiger partial charge on any atom is 0.271 e. The molecule has 0 aliphatic carbocycles. The van der Waals surface area contributed by atoms with E-state index in [9.17, 15) is 14.9 Å². The van der Waals surface area contributed by atoms with Gasteiger partial charge in [0.25, 0.3) is 5.69 Å². The van der Waals surface area contributed by atoms with Crippen molar-refractivity contribution >= 4 is 33.6 Å². The van der Waals surface area contributed by atoms with Crippen LogP contribution in [0.5, 0.6) is 0 Å². The van der Waals surface area contributed by atoms with Crippen LogP contribution < -0.4 is 5.73 Å². The zero-order valence-corrected chi connectivity index (χ0v) is 9.10. The lowest BCUT2D eigenvalue weighted by Crippen LogP contribution is -2.05. The van der Waals surface area contributed by atoms with Crippen molar-refractivity contribution in [2.75, 3.05) is 0 Å². The molecule has 0 aliphatic rings. The summed E-state index contributed by atoms with van der Waals surface area (Å²) in [5.74, 6) is -0.599. The topological polar surface area (TPSA) is 86.2 Å². The zero-order valence-electron chi connectivity index (χ0n) is 7.51. The highest BCUT2D eigenvalue weighted by Gasteiger charge is 2.06. The van der Waals surface area contributed by atoms with E-state index in [1.807, 2.05) is 0 Å². The van der Waals surface area contributed by atoms with Gasteiger partial charge in [0.05, 0.1) is 4.92 Å². The van der Waals surface area contributed by atoms with Gasteiger partial charge >= 0.3 is 0 Å². The smallest absolute Gasteiger partial charge is 0.271 e. The summed E-state index contributed by atoms with van der Waals surface area (Å²) >= 11 is 3.13. The number of nitro groups is 1. The van der Waals surface area contributed by atoms with Gasteiger partial charge < -0.3 is 5.73 Å². The normalized spacial score (nSPS) is 10.5. The number of rotatable bonds is 3. The molecular formula is C9H7BrN2O3. The molecule has 1 aromatic rings. The third-order valence-electron chi connectivity index (χ3n) is 1.56. The van der Waals surface area contributed by atoms with Gasteiger partial charge in [-0.15, -0.1) is 0 Å². The molecule has 0 saturated carbocycles. The molecule has 15 heavy (non-hydrogen) atoms. The van der Waals surface area contributed by atoms with Crippen LogP contribution in [0.4, 0.5) is 5.69 Å². The van der Waals surface area contributed by atoms with Gasteiger partial charge in [0.2, 0.25) is 5.91 Å². The second-order valence-electron chi connectivity index (χ2n) is 2.74. The predicted molar refractivity (Wildman–Crippen MR) is 59.0 cm³/mol. The van der Waals surface area contributed by atoms with Gasteiger partial charge in [-0.05, 0) is 17.7 Å². The summed E-state index contributed by atoms with van der Waals surface area (Å²) < 4.78 is 0.570. The minimum absolute atomic E-state index is 0.0477. The maximum atomic E-state index is 10.5. The summed E-state index contributed by atoms with van der Waals surface area (Å²) in [7, 11) is 0. The van der Waals surface area contributed by atoms with Crippen molar-refractivity contribution in [2.24, 2.45) is 5.73 Å². The fourth-order valence-electron chi connectivity index (χ4n) is 0.976. The van der Waals surface area contributed by atoms with Gasteiger partial charge in [-0.1, -0.05) is 15.9 Å². The summed E-state index contributed by atoms with van der Waals surface area (Å²) in [5, 5.41) is 10.5. The highest BCUT2D eigenvalue weighted by atomic mass is 79.9. The Morgan fingerprint density at radius 3 is 2.67 bits per heavy atom. The molecule has 1 aromatic carbocycles. The van der Waals surface area contributed by atoms with Crippen LogP contribution in [0.2, 0.25) is 0 Å². The Morgan fingerprint density at radius 2 is 2.13 bits per heavy atom. The monoisotopic (exact) mass is 270 g/mol. The Labute approximate surface area is 93.9 Å². The van der Waals surface area contributed by atoms with Crippen molar-refractivity contribution in [3.63, 3.8) is 0 Å². The minimum Gasteiger partial charge on any atom is -0.366 e. The van der Waals surface area contributed by atoms with Crippen molar-refractivity contribution in [3.05, 3.63) is 44.4 Å². The largest absolute Gasteiger partial charge is 0.366 e. The van der Waals surface area contributed by atoms with Crippen LogP contribution in [0.15, 0.2) is 28.7 Å². The molecule has 0 heterocycles. The lowest BCUT2D eigenvalue weighted by Gasteiger charge is -1.96. The van der Waals surface area contributed by atoms with E-state index in [-0.39, 0.29) is 5.69 Å². The molecule has 0 unspecified atom stereocenters. The Bertz CT molecular complexity index is 443. The third kappa shape index (κ3) is 3.51. The molecule has 1 rings (SSSR count). The Kier molecular flexibility index (Phi) is 3.56. The number of hydrogen-bond acceptors (Lipinski definition) is 3. The van der Waals surface area contributed by atoms with Crippen molar-refractivity contribution in [2.45, 2.75) is 0 Å². The van der Waals surface area contributed by atoms with Crippen LogP contribution in [0.3, 0.4) is 0 Å². The summed E-state index contributed by atoms with van der Waals surface area (Å²) in [6, 6.07) is 4.37. The van der Waals surface area contributed by atoms with Gasteiger partial charge in [-0.25, -0.2) is 0 Å². The van der Waals surface area contributed by atoms with Crippen LogP contribution >= 0.6 is 15.9 Å². The Morgan fingerprint density at radius 1 is 1.47 bits per heavy atom. The number of amides is 1. The number of carbonyl (C=O) groups is 1. The maximum absolute atomic E-state index is 10.5. The molecule has 0 fully saturated rings. The number of nitro benzene ring substituents is 1. The van der Waals surface area contributed by atoms with Crippen LogP contribution in [-0.2, 0) is 4.79 Å². The number of primary amides is 1. The van der Waals surface area contributed by atoms with Gasteiger partial charge in [-0.3, -0.25) is 14.9 Å². The number of nitrogens with two attached hydrogens (primary N) is 1. The number of nitrogens with zero attached hydrogens (tertiary/aromatic N) is 1. The summed E-state index contributed by atoms with van der Waals surface area (Å²) in [5.41, 5.74) is 5.39. The second-order valence-corrected chi connectivity index (χ2v) is 3.65. The molecule has 6 heteroatoms. The lowest BCUT2D eigenvalue weighted by atomic mass is 10.2. The molecular weight excluding hydrogens is 264 g/mol. The first kappa shape index (κ1) is 11.4. The van der Waals surface area contributed by atoms with E-state index in [0.717, 1.165) is 6.08 Å². The number of hydrogen-bond donors (Lipinski definition) is 1. The van der Waals surface area contributed by atoms with Crippen molar-refractivity contribution in [1.82, 2.24) is 0 Å². The molecule has 0 aliphatic heterocycles. The predicted octanol–water partition coefficient (Wildman–Crippen LogP) is 1.86. The fourth-order valence-corrected chi connectivity index (χ4v) is 1.48. The van der Waals surface area contributed by atoms with Crippen LogP contribution in [0.25, 0.3) is 6.08 Å². The Balaban J connectivity index is 3.09. The van der Waals surface area contributed by atoms with E-state index >= 15 is 0 Å². The molecule has 2 N–H and O–H groups in total. The minimum atomic E-state index is -0.599. The highest BCUT2D eigenvalue weighted by molar-refractivity contribution is 9.10. The van der Waals surface area contributed by atoms with Crippen molar-refractivity contribution < 1.29 is 9.72 Å². The van der Waals surface area contributed by atoms with Gasteiger partial charge in [0.1, 0.15) is 0 Å². The van der Waals surface area contributed by atoms with Crippen molar-refractivity contribution in [3.8, 4) is 0 Å². The number of halogens is 1. The van der Waals surface area contributed by atoms with Crippen molar-refractivity contribution in [1.29, 1.82) is 0 Å². The molecule has 0 atom stereocenters. The molecule has 0 bridgehead atoms. The van der Waals surface area contributed by atoms with Gasteiger partial charge in [0, 0.05) is 22.7 Å². The first-order valence-corrected chi connectivity index (χ1v) is 4.71. The van der Waals surface area contributed by atoms with E-state index in [1.165, 1.54) is 18.2 Å². The van der Waals surface area contributed by atoms with E-state index in [0.29, 0.717) is 10.0 Å². The SMILES string of the molecule is NC(=O)/C=C\c1cc(Br)cc([N+](=O)[O-])c1. The molecule has 1 amide bonds. The molecule has 0 spiro atoms. The molecule has 0 radical (unpaired) electrons. The standard InChI is InChI=1S/C9H7BrN2O3/c10-7-3-6(1-2-9(11)13)4-8(5-7)12(14)15/h1-5H,(H2,11,13)/b2-1-.